The topological polar surface area (TPSA) is 98.5 Å². The molecule has 0 unspecified atom stereocenters. The summed E-state index contributed by atoms with van der Waals surface area (Å²) in [5.74, 6) is -0.0503. The number of nitrogens with two attached hydrogens (primary N) is 1. The number of carbonyl (C=O) groups is 3. The van der Waals surface area contributed by atoms with Gasteiger partial charge in [-0.15, -0.1) is 0 Å². The lowest BCUT2D eigenvalue weighted by atomic mass is 10.1. The Morgan fingerprint density at radius 3 is 2.45 bits per heavy atom. The Morgan fingerprint density at radius 2 is 1.86 bits per heavy atom. The molecule has 0 aliphatic heterocycles. The molecule has 1 aromatic carbocycles. The quantitative estimate of drug-likeness (QED) is 0.695. The van der Waals surface area contributed by atoms with E-state index in [9.17, 15) is 14.4 Å². The zero-order valence-corrected chi connectivity index (χ0v) is 13.3. The maximum atomic E-state index is 11.7. The summed E-state index contributed by atoms with van der Waals surface area (Å²) in [6.07, 6.45) is 0.263. The molecule has 0 radical (unpaired) electrons. The molecule has 22 heavy (non-hydrogen) atoms. The highest BCUT2D eigenvalue weighted by atomic mass is 32.2. The van der Waals surface area contributed by atoms with Gasteiger partial charge in [0.2, 0.25) is 0 Å². The van der Waals surface area contributed by atoms with Crippen molar-refractivity contribution in [3.8, 4) is 0 Å². The summed E-state index contributed by atoms with van der Waals surface area (Å²) >= 11 is 1.15. The number of esters is 1. The number of nitrogens with one attached hydrogen (secondary N) is 1. The van der Waals surface area contributed by atoms with Crippen molar-refractivity contribution in [3.05, 3.63) is 35.4 Å². The van der Waals surface area contributed by atoms with Gasteiger partial charge in [-0.3, -0.25) is 14.4 Å². The second-order valence-corrected chi connectivity index (χ2v) is 5.51. The Labute approximate surface area is 133 Å². The average Bonchev–Trinajstić information content (AvgIpc) is 2.55. The van der Waals surface area contributed by atoms with E-state index in [1.165, 1.54) is 7.11 Å². The van der Waals surface area contributed by atoms with Gasteiger partial charge in [0.25, 0.3) is 5.91 Å². The van der Waals surface area contributed by atoms with Gasteiger partial charge < -0.3 is 15.8 Å². The lowest BCUT2D eigenvalue weighted by Gasteiger charge is -2.05. The first-order chi connectivity index (χ1) is 10.6. The van der Waals surface area contributed by atoms with Crippen LogP contribution in [0, 0.1) is 0 Å². The van der Waals surface area contributed by atoms with Crippen LogP contribution >= 0.6 is 11.8 Å². The van der Waals surface area contributed by atoms with Gasteiger partial charge in [0.1, 0.15) is 0 Å². The highest BCUT2D eigenvalue weighted by Gasteiger charge is 2.09. The number of rotatable bonds is 8. The van der Waals surface area contributed by atoms with E-state index in [0.29, 0.717) is 24.4 Å². The minimum atomic E-state index is -0.387. The van der Waals surface area contributed by atoms with E-state index in [1.54, 1.807) is 24.3 Å². The van der Waals surface area contributed by atoms with Gasteiger partial charge in [-0.25, -0.2) is 0 Å². The molecule has 7 heteroatoms. The van der Waals surface area contributed by atoms with E-state index in [1.807, 2.05) is 0 Å². The summed E-state index contributed by atoms with van der Waals surface area (Å²) in [4.78, 5) is 34.2. The molecule has 1 amide bonds. The van der Waals surface area contributed by atoms with Crippen LogP contribution < -0.4 is 11.1 Å². The number of thioether (sulfide) groups is 1. The Bertz CT molecular complexity index is 517. The average molecular weight is 324 g/mol. The maximum absolute atomic E-state index is 11.7. The standard InChI is InChI=1S/C15H20N2O4S/c1-21-13(18)6-7-14(19)22-10-11-2-4-12(5-3-11)15(20)17-9-8-16/h2-5H,6-10,16H2,1H3,(H,17,20). The van der Waals surface area contributed by atoms with Crippen molar-refractivity contribution in [3.63, 3.8) is 0 Å². The van der Waals surface area contributed by atoms with E-state index >= 15 is 0 Å². The number of methoxy groups -OCH3 is 1. The third-order valence-electron chi connectivity index (χ3n) is 2.81. The molecule has 0 aromatic heterocycles. The minimum Gasteiger partial charge on any atom is -0.469 e. The van der Waals surface area contributed by atoms with Crippen LogP contribution in [0.1, 0.15) is 28.8 Å². The molecule has 0 aliphatic carbocycles. The molecule has 0 saturated carbocycles. The highest BCUT2D eigenvalue weighted by Crippen LogP contribution is 2.16. The number of ether oxygens (including phenoxy) is 1. The Balaban J connectivity index is 2.39. The van der Waals surface area contributed by atoms with E-state index in [0.717, 1.165) is 17.3 Å². The number of amides is 1. The minimum absolute atomic E-state index is 0.0600. The number of benzene rings is 1. The summed E-state index contributed by atoms with van der Waals surface area (Å²) in [6.45, 7) is 0.833. The van der Waals surface area contributed by atoms with E-state index in [2.05, 4.69) is 10.1 Å². The van der Waals surface area contributed by atoms with E-state index in [4.69, 9.17) is 5.73 Å². The van der Waals surface area contributed by atoms with Gasteiger partial charge in [0, 0.05) is 30.8 Å². The van der Waals surface area contributed by atoms with Gasteiger partial charge in [0.15, 0.2) is 5.12 Å². The molecular weight excluding hydrogens is 304 g/mol. The van der Waals surface area contributed by atoms with Gasteiger partial charge in [-0.05, 0) is 17.7 Å². The maximum Gasteiger partial charge on any atom is 0.305 e. The summed E-state index contributed by atoms with van der Waals surface area (Å²) in [5.41, 5.74) is 6.81. The van der Waals surface area contributed by atoms with Crippen LogP contribution in [-0.4, -0.2) is 37.2 Å². The zero-order valence-electron chi connectivity index (χ0n) is 12.5. The third kappa shape index (κ3) is 6.73. The first kappa shape index (κ1) is 18.2. The van der Waals surface area contributed by atoms with Gasteiger partial charge >= 0.3 is 5.97 Å². The van der Waals surface area contributed by atoms with E-state index < -0.39 is 0 Å². The smallest absolute Gasteiger partial charge is 0.305 e. The highest BCUT2D eigenvalue weighted by molar-refractivity contribution is 8.12. The monoisotopic (exact) mass is 324 g/mol. The second kappa shape index (κ2) is 9.97. The molecular formula is C15H20N2O4S. The largest absolute Gasteiger partial charge is 0.469 e. The molecule has 6 nitrogen and oxygen atoms in total. The second-order valence-electron chi connectivity index (χ2n) is 4.48. The molecule has 0 heterocycles. The summed E-state index contributed by atoms with van der Waals surface area (Å²) in [6, 6.07) is 7.03. The lowest BCUT2D eigenvalue weighted by molar-refractivity contribution is -0.141. The summed E-state index contributed by atoms with van der Waals surface area (Å²) in [7, 11) is 1.30. The molecule has 0 fully saturated rings. The molecule has 0 bridgehead atoms. The first-order valence-corrected chi connectivity index (χ1v) is 7.85. The molecule has 120 valence electrons. The van der Waals surface area contributed by atoms with Crippen LogP contribution in [0.5, 0.6) is 0 Å². The molecule has 1 rings (SSSR count). The molecule has 0 atom stereocenters. The zero-order chi connectivity index (χ0) is 16.4. The van der Waals surface area contributed by atoms with Crippen molar-refractivity contribution >= 4 is 28.8 Å². The van der Waals surface area contributed by atoms with Crippen LogP contribution in [0.25, 0.3) is 0 Å². The van der Waals surface area contributed by atoms with Crippen LogP contribution in [0.3, 0.4) is 0 Å². The fraction of sp³-hybridized carbons (Fsp3) is 0.400. The molecule has 0 spiro atoms. The SMILES string of the molecule is COC(=O)CCC(=O)SCc1ccc(C(=O)NCCN)cc1. The fourth-order valence-corrected chi connectivity index (χ4v) is 2.35. The van der Waals surface area contributed by atoms with Crippen molar-refractivity contribution in [2.45, 2.75) is 18.6 Å². The fourth-order valence-electron chi connectivity index (χ4n) is 1.58. The van der Waals surface area contributed by atoms with Gasteiger partial charge in [0.05, 0.1) is 13.5 Å². The number of hydrogen-bond acceptors (Lipinski definition) is 6. The predicted molar refractivity (Wildman–Crippen MR) is 85.4 cm³/mol. The first-order valence-electron chi connectivity index (χ1n) is 6.86. The van der Waals surface area contributed by atoms with Crippen LogP contribution in [-0.2, 0) is 20.1 Å². The van der Waals surface area contributed by atoms with Gasteiger partial charge in [-0.2, -0.15) is 0 Å². The van der Waals surface area contributed by atoms with Crippen molar-refractivity contribution in [2.75, 3.05) is 20.2 Å². The van der Waals surface area contributed by atoms with Gasteiger partial charge in [-0.1, -0.05) is 23.9 Å². The number of carbonyl (C=O) groups excluding carboxylic acids is 3. The van der Waals surface area contributed by atoms with Crippen molar-refractivity contribution in [1.82, 2.24) is 5.32 Å². The third-order valence-corrected chi connectivity index (χ3v) is 3.81. The Kier molecular flexibility index (Phi) is 8.24. The summed E-state index contributed by atoms with van der Waals surface area (Å²) < 4.78 is 4.48. The van der Waals surface area contributed by atoms with Crippen molar-refractivity contribution < 1.29 is 19.1 Å². The van der Waals surface area contributed by atoms with Crippen LogP contribution in [0.4, 0.5) is 0 Å². The Morgan fingerprint density at radius 1 is 1.18 bits per heavy atom. The van der Waals surface area contributed by atoms with Crippen molar-refractivity contribution in [1.29, 1.82) is 0 Å². The Hall–Kier alpha value is -1.86. The van der Waals surface area contributed by atoms with E-state index in [-0.39, 0.29) is 29.8 Å². The number of hydrogen-bond donors (Lipinski definition) is 2. The lowest BCUT2D eigenvalue weighted by Crippen LogP contribution is -2.28. The molecule has 3 N–H and O–H groups in total. The van der Waals surface area contributed by atoms with Crippen LogP contribution in [0.2, 0.25) is 0 Å². The predicted octanol–water partition coefficient (Wildman–Crippen LogP) is 1.09. The van der Waals surface area contributed by atoms with Crippen molar-refractivity contribution in [2.24, 2.45) is 5.73 Å². The molecule has 0 aliphatic rings. The molecule has 0 saturated heterocycles. The van der Waals surface area contributed by atoms with Crippen LogP contribution in [0.15, 0.2) is 24.3 Å². The normalized spacial score (nSPS) is 10.1. The molecule has 1 aromatic rings. The summed E-state index contributed by atoms with van der Waals surface area (Å²) in [5, 5.41) is 2.62.